The van der Waals surface area contributed by atoms with Gasteiger partial charge < -0.3 is 15.1 Å². The summed E-state index contributed by atoms with van der Waals surface area (Å²) in [4.78, 5) is 38.5. The predicted octanol–water partition coefficient (Wildman–Crippen LogP) is -0.663. The minimum Gasteiger partial charge on any atom is -0.346 e. The minimum absolute atomic E-state index is 0.0203. The van der Waals surface area contributed by atoms with Crippen molar-refractivity contribution >= 4 is 17.8 Å². The first-order chi connectivity index (χ1) is 11.7. The highest BCUT2D eigenvalue weighted by Gasteiger charge is 2.22. The molecule has 2 amide bonds. The summed E-state index contributed by atoms with van der Waals surface area (Å²) >= 11 is 0. The maximum atomic E-state index is 12.0. The van der Waals surface area contributed by atoms with Crippen molar-refractivity contribution in [3.05, 3.63) is 18.5 Å². The van der Waals surface area contributed by atoms with Crippen LogP contribution in [0.5, 0.6) is 0 Å². The Morgan fingerprint density at radius 1 is 1.00 bits per heavy atom. The van der Waals surface area contributed by atoms with Gasteiger partial charge in [-0.1, -0.05) is 0 Å². The van der Waals surface area contributed by atoms with Crippen LogP contribution in [0, 0.1) is 0 Å². The van der Waals surface area contributed by atoms with E-state index in [1.165, 1.54) is 0 Å². The molecule has 8 nitrogen and oxygen atoms in total. The number of carbonyl (C=O) groups is 2. The summed E-state index contributed by atoms with van der Waals surface area (Å²) in [6, 6.07) is 1.80. The molecule has 0 aliphatic carbocycles. The molecule has 24 heavy (non-hydrogen) atoms. The molecule has 0 spiro atoms. The van der Waals surface area contributed by atoms with E-state index < -0.39 is 0 Å². The monoisotopic (exact) mass is 332 g/mol. The summed E-state index contributed by atoms with van der Waals surface area (Å²) in [6.07, 6.45) is 5.60. The Labute approximate surface area is 141 Å². The van der Waals surface area contributed by atoms with Gasteiger partial charge in [0, 0.05) is 51.7 Å². The van der Waals surface area contributed by atoms with E-state index in [1.807, 2.05) is 4.90 Å². The van der Waals surface area contributed by atoms with Crippen LogP contribution < -0.4 is 10.2 Å². The average molecular weight is 332 g/mol. The zero-order chi connectivity index (χ0) is 16.8. The first kappa shape index (κ1) is 16.6. The maximum absolute atomic E-state index is 12.0. The topological polar surface area (TPSA) is 81.7 Å². The quantitative estimate of drug-likeness (QED) is 0.771. The molecule has 0 atom stereocenters. The van der Waals surface area contributed by atoms with Crippen molar-refractivity contribution in [2.75, 3.05) is 57.3 Å². The molecule has 1 aromatic heterocycles. The number of aromatic nitrogens is 2. The second kappa shape index (κ2) is 8.05. The van der Waals surface area contributed by atoms with Gasteiger partial charge in [-0.05, 0) is 18.9 Å². The van der Waals surface area contributed by atoms with Crippen molar-refractivity contribution in [3.63, 3.8) is 0 Å². The van der Waals surface area contributed by atoms with Crippen LogP contribution >= 0.6 is 0 Å². The third kappa shape index (κ3) is 4.41. The number of amides is 2. The number of anilines is 1. The zero-order valence-electron chi connectivity index (χ0n) is 13.9. The van der Waals surface area contributed by atoms with Gasteiger partial charge >= 0.3 is 0 Å². The van der Waals surface area contributed by atoms with E-state index in [1.54, 1.807) is 18.5 Å². The van der Waals surface area contributed by atoms with Gasteiger partial charge in [0.2, 0.25) is 17.8 Å². The van der Waals surface area contributed by atoms with Crippen molar-refractivity contribution in [1.82, 2.24) is 25.1 Å². The molecular weight excluding hydrogens is 308 g/mol. The molecule has 0 unspecified atom stereocenters. The van der Waals surface area contributed by atoms with E-state index in [4.69, 9.17) is 0 Å². The lowest BCUT2D eigenvalue weighted by atomic mass is 10.3. The lowest BCUT2D eigenvalue weighted by molar-refractivity contribution is -0.132. The first-order valence-corrected chi connectivity index (χ1v) is 8.51. The van der Waals surface area contributed by atoms with Crippen LogP contribution in [0.25, 0.3) is 0 Å². The summed E-state index contributed by atoms with van der Waals surface area (Å²) in [5.74, 6) is 0.664. The van der Waals surface area contributed by atoms with Gasteiger partial charge in [-0.2, -0.15) is 0 Å². The van der Waals surface area contributed by atoms with Crippen LogP contribution in [0.2, 0.25) is 0 Å². The van der Waals surface area contributed by atoms with Gasteiger partial charge in [-0.3, -0.25) is 14.5 Å². The third-order valence-corrected chi connectivity index (χ3v) is 4.47. The second-order valence-electron chi connectivity index (χ2n) is 6.18. The van der Waals surface area contributed by atoms with Crippen molar-refractivity contribution in [3.8, 4) is 0 Å². The van der Waals surface area contributed by atoms with Gasteiger partial charge in [0.15, 0.2) is 0 Å². The van der Waals surface area contributed by atoms with E-state index in [2.05, 4.69) is 25.1 Å². The second-order valence-corrected chi connectivity index (χ2v) is 6.18. The van der Waals surface area contributed by atoms with Crippen LogP contribution in [0.3, 0.4) is 0 Å². The molecule has 0 bridgehead atoms. The molecule has 130 valence electrons. The summed E-state index contributed by atoms with van der Waals surface area (Å²) in [7, 11) is 0. The van der Waals surface area contributed by atoms with Gasteiger partial charge in [-0.25, -0.2) is 9.97 Å². The lowest BCUT2D eigenvalue weighted by Crippen LogP contribution is -2.50. The number of nitrogens with one attached hydrogen (secondary N) is 1. The Kier molecular flexibility index (Phi) is 5.58. The summed E-state index contributed by atoms with van der Waals surface area (Å²) in [5.41, 5.74) is 0. The number of hydrogen-bond donors (Lipinski definition) is 1. The number of nitrogens with zero attached hydrogens (tertiary/aromatic N) is 5. The Morgan fingerprint density at radius 3 is 2.33 bits per heavy atom. The van der Waals surface area contributed by atoms with Crippen LogP contribution in [0.15, 0.2) is 18.5 Å². The fourth-order valence-corrected chi connectivity index (χ4v) is 3.07. The maximum Gasteiger partial charge on any atom is 0.241 e. The van der Waals surface area contributed by atoms with Crippen molar-refractivity contribution < 1.29 is 9.59 Å². The normalized spacial score (nSPS) is 18.7. The Balaban J connectivity index is 1.36. The molecule has 2 saturated heterocycles. The number of carbonyl (C=O) groups excluding carboxylic acids is 2. The van der Waals surface area contributed by atoms with Crippen LogP contribution in [-0.2, 0) is 9.59 Å². The molecule has 1 N–H and O–H groups in total. The average Bonchev–Trinajstić information content (AvgIpc) is 3.16. The molecule has 2 fully saturated rings. The molecule has 3 rings (SSSR count). The summed E-state index contributed by atoms with van der Waals surface area (Å²) < 4.78 is 0. The lowest BCUT2D eigenvalue weighted by Gasteiger charge is -2.34. The molecule has 0 radical (unpaired) electrons. The molecule has 2 aliphatic heterocycles. The molecule has 8 heteroatoms. The molecular formula is C16H24N6O2. The zero-order valence-corrected chi connectivity index (χ0v) is 13.9. The van der Waals surface area contributed by atoms with Gasteiger partial charge in [0.25, 0.3) is 0 Å². The molecule has 2 aliphatic rings. The Hall–Kier alpha value is -2.22. The van der Waals surface area contributed by atoms with E-state index >= 15 is 0 Å². The highest BCUT2D eigenvalue weighted by Crippen LogP contribution is 2.09. The van der Waals surface area contributed by atoms with E-state index in [-0.39, 0.29) is 18.4 Å². The van der Waals surface area contributed by atoms with Gasteiger partial charge in [-0.15, -0.1) is 0 Å². The van der Waals surface area contributed by atoms with E-state index in [0.29, 0.717) is 6.54 Å². The molecule has 1 aromatic rings. The predicted molar refractivity (Wildman–Crippen MR) is 89.5 cm³/mol. The fourth-order valence-electron chi connectivity index (χ4n) is 3.07. The van der Waals surface area contributed by atoms with Crippen LogP contribution in [-0.4, -0.2) is 83.9 Å². The largest absolute Gasteiger partial charge is 0.346 e. The van der Waals surface area contributed by atoms with E-state index in [0.717, 1.165) is 58.1 Å². The van der Waals surface area contributed by atoms with Crippen molar-refractivity contribution in [2.45, 2.75) is 12.8 Å². The Morgan fingerprint density at radius 2 is 1.67 bits per heavy atom. The van der Waals surface area contributed by atoms with E-state index in [9.17, 15) is 9.59 Å². The SMILES string of the molecule is O=C(CN1CCN(c2ncccn2)CC1)NCC(=O)N1CCCC1. The highest BCUT2D eigenvalue weighted by atomic mass is 16.2. The Bertz CT molecular complexity index is 553. The number of rotatable bonds is 5. The van der Waals surface area contributed by atoms with Crippen molar-refractivity contribution in [2.24, 2.45) is 0 Å². The van der Waals surface area contributed by atoms with Crippen LogP contribution in [0.4, 0.5) is 5.95 Å². The fraction of sp³-hybridized carbons (Fsp3) is 0.625. The third-order valence-electron chi connectivity index (χ3n) is 4.47. The van der Waals surface area contributed by atoms with Crippen LogP contribution in [0.1, 0.15) is 12.8 Å². The minimum atomic E-state index is -0.0908. The highest BCUT2D eigenvalue weighted by molar-refractivity contribution is 5.85. The summed E-state index contributed by atoms with van der Waals surface area (Å²) in [6.45, 7) is 5.23. The molecule has 3 heterocycles. The number of hydrogen-bond acceptors (Lipinski definition) is 6. The molecule has 0 saturated carbocycles. The summed E-state index contributed by atoms with van der Waals surface area (Å²) in [5, 5.41) is 2.74. The number of piperazine rings is 1. The number of likely N-dealkylation sites (tertiary alicyclic amines) is 1. The standard InChI is InChI=1S/C16H24N6O2/c23-14(19-12-15(24)21-6-1-2-7-21)13-20-8-10-22(11-9-20)16-17-4-3-5-18-16/h3-5H,1-2,6-13H2,(H,19,23). The van der Waals surface area contributed by atoms with Gasteiger partial charge in [0.05, 0.1) is 13.1 Å². The smallest absolute Gasteiger partial charge is 0.241 e. The van der Waals surface area contributed by atoms with Crippen molar-refractivity contribution in [1.29, 1.82) is 0 Å². The first-order valence-electron chi connectivity index (χ1n) is 8.51. The molecule has 0 aromatic carbocycles. The van der Waals surface area contributed by atoms with Gasteiger partial charge in [0.1, 0.15) is 0 Å².